The minimum absolute atomic E-state index is 0.268. The molecule has 0 aliphatic rings. The standard InChI is InChI=1S/C22H24N2O4S/c1-28-19-12-10-17(11-13-19)14-15-23-22(25)16-24(29(2,26)27)21-9-5-7-18-6-3-4-8-20(18)21/h3-13H,14-16H2,1-2H3,(H,23,25). The van der Waals surface area contributed by atoms with E-state index in [4.69, 9.17) is 4.74 Å². The van der Waals surface area contributed by atoms with Crippen LogP contribution >= 0.6 is 0 Å². The summed E-state index contributed by atoms with van der Waals surface area (Å²) in [5, 5.41) is 4.50. The summed E-state index contributed by atoms with van der Waals surface area (Å²) in [5.41, 5.74) is 1.55. The predicted molar refractivity (Wildman–Crippen MR) is 116 cm³/mol. The van der Waals surface area contributed by atoms with Crippen molar-refractivity contribution in [2.45, 2.75) is 6.42 Å². The Bertz CT molecular complexity index is 1090. The number of fused-ring (bicyclic) bond motifs is 1. The Morgan fingerprint density at radius 2 is 1.69 bits per heavy atom. The number of carbonyl (C=O) groups is 1. The van der Waals surface area contributed by atoms with Crippen LogP contribution in [0.15, 0.2) is 66.7 Å². The molecule has 0 aliphatic heterocycles. The van der Waals surface area contributed by atoms with Crippen LogP contribution in [0.2, 0.25) is 0 Å². The largest absolute Gasteiger partial charge is 0.497 e. The first kappa shape index (κ1) is 20.7. The number of nitrogens with one attached hydrogen (secondary N) is 1. The molecule has 3 aromatic rings. The summed E-state index contributed by atoms with van der Waals surface area (Å²) in [6, 6.07) is 20.5. The lowest BCUT2D eigenvalue weighted by molar-refractivity contribution is -0.119. The fourth-order valence-electron chi connectivity index (χ4n) is 3.13. The van der Waals surface area contributed by atoms with Crippen LogP contribution in [0.4, 0.5) is 5.69 Å². The van der Waals surface area contributed by atoms with Gasteiger partial charge in [-0.15, -0.1) is 0 Å². The van der Waals surface area contributed by atoms with E-state index in [0.717, 1.165) is 32.6 Å². The lowest BCUT2D eigenvalue weighted by Crippen LogP contribution is -2.41. The molecule has 0 aromatic heterocycles. The van der Waals surface area contributed by atoms with Crippen molar-refractivity contribution in [3.05, 3.63) is 72.3 Å². The zero-order valence-electron chi connectivity index (χ0n) is 16.5. The van der Waals surface area contributed by atoms with E-state index in [1.54, 1.807) is 19.2 Å². The molecule has 0 saturated heterocycles. The molecule has 0 saturated carbocycles. The Morgan fingerprint density at radius 1 is 1.00 bits per heavy atom. The topological polar surface area (TPSA) is 75.7 Å². The maximum atomic E-state index is 12.5. The summed E-state index contributed by atoms with van der Waals surface area (Å²) in [6.07, 6.45) is 1.75. The Morgan fingerprint density at radius 3 is 2.38 bits per heavy atom. The van der Waals surface area contributed by atoms with Crippen LogP contribution in [0.25, 0.3) is 10.8 Å². The highest BCUT2D eigenvalue weighted by molar-refractivity contribution is 7.92. The van der Waals surface area contributed by atoms with Gasteiger partial charge in [0.15, 0.2) is 0 Å². The number of carbonyl (C=O) groups excluding carboxylic acids is 1. The Labute approximate surface area is 171 Å². The molecule has 1 N–H and O–H groups in total. The Balaban J connectivity index is 1.69. The number of benzene rings is 3. The number of ether oxygens (including phenoxy) is 1. The van der Waals surface area contributed by atoms with Gasteiger partial charge in [0, 0.05) is 11.9 Å². The fourth-order valence-corrected chi connectivity index (χ4v) is 4.00. The molecule has 3 aromatic carbocycles. The molecule has 0 heterocycles. The van der Waals surface area contributed by atoms with E-state index in [-0.39, 0.29) is 12.5 Å². The Hall–Kier alpha value is -3.06. The van der Waals surface area contributed by atoms with Gasteiger partial charge in [-0.25, -0.2) is 8.42 Å². The van der Waals surface area contributed by atoms with Crippen LogP contribution in [0.1, 0.15) is 5.56 Å². The van der Waals surface area contributed by atoms with Gasteiger partial charge < -0.3 is 10.1 Å². The van der Waals surface area contributed by atoms with Crippen LogP contribution in [-0.4, -0.2) is 40.8 Å². The van der Waals surface area contributed by atoms with Gasteiger partial charge in [0.1, 0.15) is 12.3 Å². The zero-order chi connectivity index (χ0) is 20.9. The Kier molecular flexibility index (Phi) is 6.39. The number of hydrogen-bond acceptors (Lipinski definition) is 4. The average molecular weight is 413 g/mol. The minimum atomic E-state index is -3.63. The molecule has 0 atom stereocenters. The molecular formula is C22H24N2O4S. The number of nitrogens with zero attached hydrogens (tertiary/aromatic N) is 1. The molecule has 0 aliphatic carbocycles. The zero-order valence-corrected chi connectivity index (χ0v) is 17.3. The van der Waals surface area contributed by atoms with Crippen molar-refractivity contribution < 1.29 is 17.9 Å². The van der Waals surface area contributed by atoms with E-state index < -0.39 is 10.0 Å². The fraction of sp³-hybridized carbons (Fsp3) is 0.227. The highest BCUT2D eigenvalue weighted by Crippen LogP contribution is 2.28. The lowest BCUT2D eigenvalue weighted by atomic mass is 10.1. The van der Waals surface area contributed by atoms with E-state index in [2.05, 4.69) is 5.32 Å². The van der Waals surface area contributed by atoms with Crippen LogP contribution in [0.3, 0.4) is 0 Å². The minimum Gasteiger partial charge on any atom is -0.497 e. The van der Waals surface area contributed by atoms with Crippen molar-refractivity contribution in [1.29, 1.82) is 0 Å². The summed E-state index contributed by atoms with van der Waals surface area (Å²) in [4.78, 5) is 12.5. The van der Waals surface area contributed by atoms with Gasteiger partial charge in [-0.2, -0.15) is 0 Å². The van der Waals surface area contributed by atoms with Gasteiger partial charge in [0.25, 0.3) is 0 Å². The SMILES string of the molecule is COc1ccc(CCNC(=O)CN(c2cccc3ccccc23)S(C)(=O)=O)cc1. The number of amides is 1. The van der Waals surface area contributed by atoms with E-state index in [0.29, 0.717) is 18.7 Å². The second-order valence-corrected chi connectivity index (χ2v) is 8.62. The molecule has 0 radical (unpaired) electrons. The maximum Gasteiger partial charge on any atom is 0.240 e. The monoisotopic (exact) mass is 412 g/mol. The van der Waals surface area contributed by atoms with Crippen molar-refractivity contribution in [2.75, 3.05) is 30.8 Å². The molecular weight excluding hydrogens is 388 g/mol. The molecule has 1 amide bonds. The van der Waals surface area contributed by atoms with Gasteiger partial charge in [0.05, 0.1) is 19.1 Å². The first-order valence-electron chi connectivity index (χ1n) is 9.23. The molecule has 3 rings (SSSR count). The van der Waals surface area contributed by atoms with Gasteiger partial charge in [-0.1, -0.05) is 48.5 Å². The van der Waals surface area contributed by atoms with Crippen LogP contribution in [0.5, 0.6) is 5.75 Å². The number of hydrogen-bond donors (Lipinski definition) is 1. The second-order valence-electron chi connectivity index (χ2n) is 6.72. The molecule has 29 heavy (non-hydrogen) atoms. The van der Waals surface area contributed by atoms with E-state index >= 15 is 0 Å². The molecule has 6 nitrogen and oxygen atoms in total. The van der Waals surface area contributed by atoms with Gasteiger partial charge in [0.2, 0.25) is 15.9 Å². The van der Waals surface area contributed by atoms with E-state index in [1.807, 2.05) is 54.6 Å². The summed E-state index contributed by atoms with van der Waals surface area (Å²) in [6.45, 7) is 0.147. The van der Waals surface area contributed by atoms with E-state index in [9.17, 15) is 13.2 Å². The number of sulfonamides is 1. The molecule has 0 unspecified atom stereocenters. The third-order valence-electron chi connectivity index (χ3n) is 4.62. The highest BCUT2D eigenvalue weighted by atomic mass is 32.2. The second kappa shape index (κ2) is 8.96. The molecule has 0 spiro atoms. The van der Waals surface area contributed by atoms with Crippen LogP contribution in [-0.2, 0) is 21.2 Å². The van der Waals surface area contributed by atoms with Gasteiger partial charge >= 0.3 is 0 Å². The molecule has 0 fully saturated rings. The first-order valence-corrected chi connectivity index (χ1v) is 11.1. The van der Waals surface area contributed by atoms with Crippen molar-refractivity contribution in [1.82, 2.24) is 5.32 Å². The summed E-state index contributed by atoms with van der Waals surface area (Å²) < 4.78 is 31.1. The van der Waals surface area contributed by atoms with E-state index in [1.165, 1.54) is 0 Å². The normalized spacial score (nSPS) is 11.2. The van der Waals surface area contributed by atoms with Crippen molar-refractivity contribution >= 4 is 32.4 Å². The van der Waals surface area contributed by atoms with Crippen molar-refractivity contribution in [3.63, 3.8) is 0 Å². The quantitative estimate of drug-likeness (QED) is 0.617. The van der Waals surface area contributed by atoms with Gasteiger partial charge in [-0.05, 0) is 35.6 Å². The summed E-state index contributed by atoms with van der Waals surface area (Å²) in [5.74, 6) is 0.425. The average Bonchev–Trinajstić information content (AvgIpc) is 2.71. The number of rotatable bonds is 8. The number of anilines is 1. The lowest BCUT2D eigenvalue weighted by Gasteiger charge is -2.23. The van der Waals surface area contributed by atoms with Crippen molar-refractivity contribution in [2.24, 2.45) is 0 Å². The third-order valence-corrected chi connectivity index (χ3v) is 5.74. The number of methoxy groups -OCH3 is 1. The molecule has 0 bridgehead atoms. The van der Waals surface area contributed by atoms with Crippen LogP contribution in [0, 0.1) is 0 Å². The predicted octanol–water partition coefficient (Wildman–Crippen LogP) is 2.97. The highest BCUT2D eigenvalue weighted by Gasteiger charge is 2.22. The van der Waals surface area contributed by atoms with Crippen molar-refractivity contribution in [3.8, 4) is 5.75 Å². The summed E-state index contributed by atoms with van der Waals surface area (Å²) in [7, 11) is -2.02. The van der Waals surface area contributed by atoms with Gasteiger partial charge in [-0.3, -0.25) is 9.10 Å². The summed E-state index contributed by atoms with van der Waals surface area (Å²) >= 11 is 0. The smallest absolute Gasteiger partial charge is 0.240 e. The van der Waals surface area contributed by atoms with Crippen LogP contribution < -0.4 is 14.4 Å². The first-order chi connectivity index (χ1) is 13.9. The molecule has 7 heteroatoms. The third kappa shape index (κ3) is 5.26. The maximum absolute atomic E-state index is 12.5. The molecule has 152 valence electrons.